The Morgan fingerprint density at radius 2 is 1.95 bits per heavy atom. The lowest BCUT2D eigenvalue weighted by Crippen LogP contribution is -1.96. The lowest BCUT2D eigenvalue weighted by Gasteiger charge is -2.01. The van der Waals surface area contributed by atoms with Gasteiger partial charge in [-0.3, -0.25) is 5.43 Å². The van der Waals surface area contributed by atoms with E-state index in [2.05, 4.69) is 15.5 Å². The summed E-state index contributed by atoms with van der Waals surface area (Å²) in [5, 5.41) is 8.38. The van der Waals surface area contributed by atoms with Crippen LogP contribution in [0.25, 0.3) is 11.3 Å². The molecule has 112 valence electrons. The topological polar surface area (TPSA) is 37.3 Å². The van der Waals surface area contributed by atoms with E-state index in [-0.39, 0.29) is 12.4 Å². The van der Waals surface area contributed by atoms with Crippen LogP contribution in [0.15, 0.2) is 28.7 Å². The number of nitrogens with one attached hydrogen (secondary N) is 1. The summed E-state index contributed by atoms with van der Waals surface area (Å²) in [6.07, 6.45) is 4.66. The van der Waals surface area contributed by atoms with Gasteiger partial charge in [0.25, 0.3) is 0 Å². The zero-order valence-electron chi connectivity index (χ0n) is 11.1. The number of hydrazone groups is 1. The molecule has 1 fully saturated rings. The molecule has 1 aromatic heterocycles. The van der Waals surface area contributed by atoms with Crippen LogP contribution in [0, 0.1) is 0 Å². The number of hydrogen-bond donors (Lipinski definition) is 1. The molecule has 21 heavy (non-hydrogen) atoms. The highest BCUT2D eigenvalue weighted by atomic mass is 35.5. The summed E-state index contributed by atoms with van der Waals surface area (Å²) in [5.41, 5.74) is 5.98. The number of thiazole rings is 1. The fourth-order valence-electron chi connectivity index (χ4n) is 2.17. The molecule has 0 saturated heterocycles. The first-order valence-electron chi connectivity index (χ1n) is 6.45. The molecule has 0 unspecified atom stereocenters. The Balaban J connectivity index is 0.00000161. The summed E-state index contributed by atoms with van der Waals surface area (Å²) >= 11 is 13.6. The number of rotatable bonds is 3. The smallest absolute Gasteiger partial charge is 0.203 e. The van der Waals surface area contributed by atoms with Gasteiger partial charge in [-0.15, -0.1) is 23.7 Å². The number of aromatic nitrogens is 1. The van der Waals surface area contributed by atoms with Gasteiger partial charge in [0.2, 0.25) is 5.13 Å². The van der Waals surface area contributed by atoms with Crippen molar-refractivity contribution in [1.29, 1.82) is 0 Å². The predicted octanol–water partition coefficient (Wildman–Crippen LogP) is 5.88. The summed E-state index contributed by atoms with van der Waals surface area (Å²) in [5.74, 6) is 0. The maximum absolute atomic E-state index is 6.19. The summed E-state index contributed by atoms with van der Waals surface area (Å²) in [4.78, 5) is 4.50. The van der Waals surface area contributed by atoms with E-state index in [9.17, 15) is 0 Å². The van der Waals surface area contributed by atoms with Gasteiger partial charge in [-0.25, -0.2) is 4.98 Å². The fraction of sp³-hybridized carbons (Fsp3) is 0.286. The minimum absolute atomic E-state index is 0. The van der Waals surface area contributed by atoms with Crippen LogP contribution in [0.2, 0.25) is 10.0 Å². The molecular formula is C14H14Cl3N3S. The van der Waals surface area contributed by atoms with E-state index in [4.69, 9.17) is 23.2 Å². The van der Waals surface area contributed by atoms with Gasteiger partial charge in [0, 0.05) is 21.7 Å². The van der Waals surface area contributed by atoms with Crippen molar-refractivity contribution in [1.82, 2.24) is 4.98 Å². The van der Waals surface area contributed by atoms with Crippen LogP contribution < -0.4 is 5.43 Å². The second-order valence-corrected chi connectivity index (χ2v) is 6.36. The second kappa shape index (κ2) is 7.45. The molecule has 0 aliphatic heterocycles. The molecule has 0 bridgehead atoms. The highest BCUT2D eigenvalue weighted by Gasteiger charge is 2.10. The van der Waals surface area contributed by atoms with Crippen LogP contribution in [-0.2, 0) is 0 Å². The maximum Gasteiger partial charge on any atom is 0.203 e. The Labute approximate surface area is 143 Å². The van der Waals surface area contributed by atoms with E-state index >= 15 is 0 Å². The van der Waals surface area contributed by atoms with Crippen LogP contribution in [0.4, 0.5) is 5.13 Å². The van der Waals surface area contributed by atoms with E-state index < -0.39 is 0 Å². The van der Waals surface area contributed by atoms with Crippen molar-refractivity contribution < 1.29 is 0 Å². The van der Waals surface area contributed by atoms with Crippen molar-refractivity contribution in [2.75, 3.05) is 5.43 Å². The van der Waals surface area contributed by atoms with Crippen molar-refractivity contribution in [3.05, 3.63) is 33.6 Å². The lowest BCUT2D eigenvalue weighted by atomic mass is 10.2. The molecule has 1 saturated carbocycles. The lowest BCUT2D eigenvalue weighted by molar-refractivity contribution is 0.886. The fourth-order valence-corrected chi connectivity index (χ4v) is 3.33. The second-order valence-electron chi connectivity index (χ2n) is 4.66. The summed E-state index contributed by atoms with van der Waals surface area (Å²) in [6, 6.07) is 5.42. The number of anilines is 1. The van der Waals surface area contributed by atoms with E-state index in [0.29, 0.717) is 10.0 Å². The van der Waals surface area contributed by atoms with Crippen LogP contribution in [-0.4, -0.2) is 10.7 Å². The van der Waals surface area contributed by atoms with Gasteiger partial charge in [-0.05, 0) is 43.9 Å². The molecule has 2 aromatic rings. The van der Waals surface area contributed by atoms with Gasteiger partial charge in [-0.2, -0.15) is 5.10 Å². The average molecular weight is 363 g/mol. The van der Waals surface area contributed by atoms with Gasteiger partial charge in [0.05, 0.1) is 10.7 Å². The van der Waals surface area contributed by atoms with E-state index in [1.165, 1.54) is 29.9 Å². The molecule has 1 N–H and O–H groups in total. The van der Waals surface area contributed by atoms with E-state index in [1.807, 2.05) is 17.5 Å². The van der Waals surface area contributed by atoms with Gasteiger partial charge in [0.1, 0.15) is 0 Å². The quantitative estimate of drug-likeness (QED) is 0.692. The van der Waals surface area contributed by atoms with Crippen molar-refractivity contribution in [3.63, 3.8) is 0 Å². The summed E-state index contributed by atoms with van der Waals surface area (Å²) < 4.78 is 0. The van der Waals surface area contributed by atoms with E-state index in [1.54, 1.807) is 6.07 Å². The van der Waals surface area contributed by atoms with Crippen molar-refractivity contribution >= 4 is 57.8 Å². The molecule has 7 heteroatoms. The summed E-state index contributed by atoms with van der Waals surface area (Å²) in [7, 11) is 0. The normalized spacial score (nSPS) is 13.9. The SMILES string of the molecule is Cl.Clc1ccc(-c2csc(NN=C3CCCC3)n2)c(Cl)c1. The number of nitrogens with zero attached hydrogens (tertiary/aromatic N) is 2. The third kappa shape index (κ3) is 4.10. The molecule has 0 radical (unpaired) electrons. The number of halogens is 3. The molecule has 1 aliphatic carbocycles. The average Bonchev–Trinajstić information content (AvgIpc) is 3.07. The number of hydrogen-bond acceptors (Lipinski definition) is 4. The molecule has 0 spiro atoms. The van der Waals surface area contributed by atoms with Crippen molar-refractivity contribution in [2.45, 2.75) is 25.7 Å². The Morgan fingerprint density at radius 1 is 1.19 bits per heavy atom. The van der Waals surface area contributed by atoms with Gasteiger partial charge < -0.3 is 0 Å². The van der Waals surface area contributed by atoms with Crippen molar-refractivity contribution in [2.24, 2.45) is 5.10 Å². The standard InChI is InChI=1S/C14H13Cl2N3S.ClH/c15-9-5-6-11(12(16)7-9)13-8-20-14(17-13)19-18-10-3-1-2-4-10;/h5-8H,1-4H2,(H,17,19);1H. The molecule has 3 nitrogen and oxygen atoms in total. The zero-order chi connectivity index (χ0) is 13.9. The zero-order valence-corrected chi connectivity index (χ0v) is 14.2. The molecule has 3 rings (SSSR count). The molecule has 1 heterocycles. The number of benzene rings is 1. The van der Waals surface area contributed by atoms with E-state index in [0.717, 1.165) is 29.2 Å². The molecule has 0 atom stereocenters. The third-order valence-corrected chi connectivity index (χ3v) is 4.50. The Kier molecular flexibility index (Phi) is 5.88. The minimum Gasteiger partial charge on any atom is -0.253 e. The highest BCUT2D eigenvalue weighted by molar-refractivity contribution is 7.14. The maximum atomic E-state index is 6.19. The van der Waals surface area contributed by atoms with Gasteiger partial charge in [-0.1, -0.05) is 23.2 Å². The third-order valence-electron chi connectivity index (χ3n) is 3.20. The van der Waals surface area contributed by atoms with Gasteiger partial charge >= 0.3 is 0 Å². The monoisotopic (exact) mass is 361 g/mol. The first-order valence-corrected chi connectivity index (χ1v) is 8.08. The van der Waals surface area contributed by atoms with Crippen molar-refractivity contribution in [3.8, 4) is 11.3 Å². The minimum atomic E-state index is 0. The predicted molar refractivity (Wildman–Crippen MR) is 94.3 cm³/mol. The molecular weight excluding hydrogens is 349 g/mol. The van der Waals surface area contributed by atoms with Crippen LogP contribution >= 0.6 is 46.9 Å². The summed E-state index contributed by atoms with van der Waals surface area (Å²) in [6.45, 7) is 0. The first-order chi connectivity index (χ1) is 9.72. The molecule has 0 amide bonds. The molecule has 1 aliphatic rings. The molecule has 1 aromatic carbocycles. The van der Waals surface area contributed by atoms with Crippen LogP contribution in [0.1, 0.15) is 25.7 Å². The Hall–Kier alpha value is -0.810. The highest BCUT2D eigenvalue weighted by Crippen LogP contribution is 2.32. The Bertz CT molecular complexity index is 647. The van der Waals surface area contributed by atoms with Crippen LogP contribution in [0.3, 0.4) is 0 Å². The Morgan fingerprint density at radius 3 is 2.67 bits per heavy atom. The van der Waals surface area contributed by atoms with Gasteiger partial charge in [0.15, 0.2) is 0 Å². The largest absolute Gasteiger partial charge is 0.253 e. The van der Waals surface area contributed by atoms with Crippen LogP contribution in [0.5, 0.6) is 0 Å². The first kappa shape index (κ1) is 16.6.